The molecule has 20 nitrogen and oxygen atoms in total. The maximum Gasteiger partial charge on any atom is 0.408 e. The molecular weight excluding hydrogens is 936 g/mol. The topological polar surface area (TPSA) is 303 Å². The number of carbonyl (C=O) groups is 9. The van der Waals surface area contributed by atoms with Crippen molar-refractivity contribution in [3.8, 4) is 5.75 Å². The monoisotopic (exact) mass is 1000 g/mol. The number of benzene rings is 2. The van der Waals surface area contributed by atoms with E-state index in [0.717, 1.165) is 4.47 Å². The van der Waals surface area contributed by atoms with Gasteiger partial charge in [0, 0.05) is 17.3 Å². The van der Waals surface area contributed by atoms with Crippen molar-refractivity contribution < 1.29 is 57.7 Å². The van der Waals surface area contributed by atoms with Gasteiger partial charge in [0.2, 0.25) is 41.4 Å². The summed E-state index contributed by atoms with van der Waals surface area (Å²) >= 11 is 3.37. The van der Waals surface area contributed by atoms with Gasteiger partial charge in [-0.05, 0) is 95.7 Å². The average molecular weight is 1000 g/mol. The molecule has 2 aromatic rings. The fraction of sp³-hybridized carbons (Fsp3) is 0.543. The first-order valence-electron chi connectivity index (χ1n) is 21.8. The van der Waals surface area contributed by atoms with Crippen LogP contribution in [0.15, 0.2) is 53.0 Å². The molecule has 0 heterocycles. The molecule has 0 bridgehead atoms. The molecule has 0 fully saturated rings. The number of carbonyl (C=O) groups excluding carboxylic acids is 9. The highest BCUT2D eigenvalue weighted by Crippen LogP contribution is 2.16. The summed E-state index contributed by atoms with van der Waals surface area (Å²) < 4.78 is 11.6. The third-order valence-electron chi connectivity index (χ3n) is 9.48. The molecule has 0 aliphatic heterocycles. The van der Waals surface area contributed by atoms with Crippen LogP contribution in [0.3, 0.4) is 0 Å². The number of primary amides is 1. The van der Waals surface area contributed by atoms with E-state index in [2.05, 4.69) is 53.1 Å². The van der Waals surface area contributed by atoms with Crippen LogP contribution < -0.4 is 43.0 Å². The van der Waals surface area contributed by atoms with Crippen molar-refractivity contribution in [1.82, 2.24) is 37.2 Å². The molecule has 8 amide bonds. The van der Waals surface area contributed by atoms with Crippen LogP contribution in [0, 0.1) is 11.8 Å². The maximum atomic E-state index is 14.3. The molecule has 10 N–H and O–H groups in total. The van der Waals surface area contributed by atoms with Crippen LogP contribution in [-0.2, 0) is 60.7 Å². The number of alkyl carbamates (subject to hydrolysis) is 1. The Labute approximate surface area is 399 Å². The minimum absolute atomic E-state index is 0.0150. The van der Waals surface area contributed by atoms with Crippen molar-refractivity contribution >= 4 is 69.3 Å². The van der Waals surface area contributed by atoms with E-state index < -0.39 is 126 Å². The molecule has 0 spiro atoms. The summed E-state index contributed by atoms with van der Waals surface area (Å²) in [4.78, 5) is 120. The second-order valence-corrected chi connectivity index (χ2v) is 19.6. The summed E-state index contributed by atoms with van der Waals surface area (Å²) in [5.74, 6) is -7.73. The molecule has 2 aromatic carbocycles. The lowest BCUT2D eigenvalue weighted by atomic mass is 9.99. The van der Waals surface area contributed by atoms with Crippen LogP contribution in [0.4, 0.5) is 4.79 Å². The lowest BCUT2D eigenvalue weighted by molar-refractivity contribution is -0.156. The maximum absolute atomic E-state index is 14.3. The number of esters is 1. The second kappa shape index (κ2) is 25.6. The van der Waals surface area contributed by atoms with E-state index >= 15 is 0 Å². The molecule has 370 valence electrons. The van der Waals surface area contributed by atoms with Gasteiger partial charge in [0.15, 0.2) is 0 Å². The predicted molar refractivity (Wildman–Crippen MR) is 250 cm³/mol. The number of nitrogens with two attached hydrogens (primary N) is 1. The lowest BCUT2D eigenvalue weighted by Crippen LogP contribution is -2.61. The third kappa shape index (κ3) is 21.3. The number of amides is 8. The standard InChI is InChI=1S/C46H67BrN8O12/c1-24(2)36(42(63)49-23-34(48)57)55-43(64)37(25(3)4)54-41(62)33(22-35(58)66-45(6,7)8)52-40(61)31(20-27-12-16-29(47)17-13-27)51-38(59)26(5)50-39(60)32(53-44(65)67-46(9,10)11)21-28-14-18-30(56)19-15-28/h12-19,24-26,31-33,36-37,56H,20-23H2,1-11H3,(H2,48,57)(H,49,63)(H,50,60)(H,51,59)(H,52,61)(H,53,65)(H,54,62)(H,55,64)/t26-,31+,32+,33+,36+,37+/m1/s1. The second-order valence-electron chi connectivity index (χ2n) is 18.7. The fourth-order valence-electron chi connectivity index (χ4n) is 6.15. The number of phenols is 1. The van der Waals surface area contributed by atoms with Crippen molar-refractivity contribution in [1.29, 1.82) is 0 Å². The Morgan fingerprint density at radius 2 is 1.00 bits per heavy atom. The summed E-state index contributed by atoms with van der Waals surface area (Å²) in [5, 5.41) is 27.6. The van der Waals surface area contributed by atoms with E-state index in [9.17, 15) is 48.3 Å². The molecular formula is C46H67BrN8O12. The van der Waals surface area contributed by atoms with E-state index in [-0.39, 0.29) is 18.6 Å². The lowest BCUT2D eigenvalue weighted by Gasteiger charge is -2.29. The largest absolute Gasteiger partial charge is 0.508 e. The number of phenolic OH excluding ortho intramolecular Hbond substituents is 1. The summed E-state index contributed by atoms with van der Waals surface area (Å²) in [6.07, 6.45) is -1.80. The molecule has 67 heavy (non-hydrogen) atoms. The fourth-order valence-corrected chi connectivity index (χ4v) is 6.42. The molecule has 0 unspecified atom stereocenters. The summed E-state index contributed by atoms with van der Waals surface area (Å²) in [6.45, 7) is 17.2. The van der Waals surface area contributed by atoms with Gasteiger partial charge >= 0.3 is 12.1 Å². The van der Waals surface area contributed by atoms with Crippen LogP contribution in [0.25, 0.3) is 0 Å². The Bertz CT molecular complexity index is 2070. The predicted octanol–water partition coefficient (Wildman–Crippen LogP) is 1.92. The molecule has 21 heteroatoms. The van der Waals surface area contributed by atoms with Crippen molar-refractivity contribution in [2.75, 3.05) is 6.54 Å². The molecule has 6 atom stereocenters. The first kappa shape index (κ1) is 56.9. The molecule has 2 rings (SSSR count). The van der Waals surface area contributed by atoms with Gasteiger partial charge in [0.25, 0.3) is 0 Å². The number of halogens is 1. The average Bonchev–Trinajstić information content (AvgIpc) is 3.19. The summed E-state index contributed by atoms with van der Waals surface area (Å²) in [6, 6.07) is 4.63. The van der Waals surface area contributed by atoms with E-state index in [1.165, 1.54) is 19.1 Å². The number of hydrogen-bond acceptors (Lipinski definition) is 12. The van der Waals surface area contributed by atoms with Crippen LogP contribution in [0.2, 0.25) is 0 Å². The van der Waals surface area contributed by atoms with Crippen LogP contribution in [0.5, 0.6) is 5.75 Å². The van der Waals surface area contributed by atoms with Crippen LogP contribution >= 0.6 is 15.9 Å². The highest BCUT2D eigenvalue weighted by Gasteiger charge is 2.36. The molecule has 0 aromatic heterocycles. The first-order chi connectivity index (χ1) is 30.9. The Morgan fingerprint density at radius 1 is 0.567 bits per heavy atom. The zero-order valence-corrected chi connectivity index (χ0v) is 41.5. The zero-order chi connectivity index (χ0) is 51.0. The van der Waals surface area contributed by atoms with Crippen molar-refractivity contribution in [3.05, 3.63) is 64.1 Å². The number of aromatic hydroxyl groups is 1. The quantitative estimate of drug-likeness (QED) is 0.0765. The van der Waals surface area contributed by atoms with Crippen molar-refractivity contribution in [2.45, 2.75) is 143 Å². The van der Waals surface area contributed by atoms with E-state index in [0.29, 0.717) is 11.1 Å². The van der Waals surface area contributed by atoms with Gasteiger partial charge < -0.3 is 57.5 Å². The molecule has 0 aliphatic carbocycles. The van der Waals surface area contributed by atoms with E-state index in [1.807, 2.05) is 0 Å². The van der Waals surface area contributed by atoms with E-state index in [4.69, 9.17) is 15.2 Å². The number of hydrogen-bond donors (Lipinski definition) is 9. The van der Waals surface area contributed by atoms with Gasteiger partial charge in [0.1, 0.15) is 53.2 Å². The number of rotatable bonds is 22. The number of nitrogens with one attached hydrogen (secondary N) is 7. The van der Waals surface area contributed by atoms with Crippen molar-refractivity contribution in [3.63, 3.8) is 0 Å². The van der Waals surface area contributed by atoms with E-state index in [1.54, 1.807) is 106 Å². The SMILES string of the molecule is CC(C)[C@H](NC(=O)[C@H](CC(=O)OC(C)(C)C)NC(=O)[C@H](Cc1ccc(Br)cc1)NC(=O)[C@@H](C)NC(=O)[C@H](Cc1ccc(O)cc1)NC(=O)OC(C)(C)C)C(=O)N[C@H](C(=O)NCC(N)=O)C(C)C. The first-order valence-corrected chi connectivity index (χ1v) is 22.6. The molecule has 0 aliphatic rings. The number of ether oxygens (including phenoxy) is 2. The molecule has 0 saturated carbocycles. The minimum atomic E-state index is -1.67. The van der Waals surface area contributed by atoms with Gasteiger partial charge in [-0.3, -0.25) is 38.4 Å². The highest BCUT2D eigenvalue weighted by atomic mass is 79.9. The summed E-state index contributed by atoms with van der Waals surface area (Å²) in [7, 11) is 0. The van der Waals surface area contributed by atoms with Crippen molar-refractivity contribution in [2.24, 2.45) is 17.6 Å². The third-order valence-corrected chi connectivity index (χ3v) is 10.0. The van der Waals surface area contributed by atoms with Gasteiger partial charge in [-0.1, -0.05) is 67.9 Å². The van der Waals surface area contributed by atoms with Gasteiger partial charge in [-0.25, -0.2) is 4.79 Å². The van der Waals surface area contributed by atoms with Gasteiger partial charge in [-0.2, -0.15) is 0 Å². The Kier molecular flexibility index (Phi) is 21.7. The van der Waals surface area contributed by atoms with Gasteiger partial charge in [-0.15, -0.1) is 0 Å². The zero-order valence-electron chi connectivity index (χ0n) is 40.0. The van der Waals surface area contributed by atoms with Crippen LogP contribution in [-0.4, -0.2) is 113 Å². The van der Waals surface area contributed by atoms with Gasteiger partial charge in [0.05, 0.1) is 13.0 Å². The normalized spacial score (nSPS) is 14.2. The smallest absolute Gasteiger partial charge is 0.408 e. The Hall–Kier alpha value is -6.25. The highest BCUT2D eigenvalue weighted by molar-refractivity contribution is 9.10. The molecule has 0 saturated heterocycles. The summed E-state index contributed by atoms with van der Waals surface area (Å²) in [5.41, 5.74) is 4.40. The Balaban J connectivity index is 2.46. The Morgan fingerprint density at radius 3 is 1.49 bits per heavy atom. The van der Waals surface area contributed by atoms with Crippen LogP contribution in [0.1, 0.15) is 93.7 Å². The minimum Gasteiger partial charge on any atom is -0.508 e. The molecule has 0 radical (unpaired) electrons.